The third-order valence-corrected chi connectivity index (χ3v) is 5.88. The molecule has 1 aliphatic rings. The van der Waals surface area contributed by atoms with Gasteiger partial charge in [0, 0.05) is 18.2 Å². The molecule has 1 atom stereocenters. The van der Waals surface area contributed by atoms with Crippen molar-refractivity contribution in [3.63, 3.8) is 0 Å². The zero-order valence-electron chi connectivity index (χ0n) is 14.1. The molecule has 1 N–H and O–H groups in total. The lowest BCUT2D eigenvalue weighted by Crippen LogP contribution is -2.32. The minimum atomic E-state index is -0.308. The van der Waals surface area contributed by atoms with E-state index in [1.165, 1.54) is 23.1 Å². The number of nitrogens with one attached hydrogen (secondary N) is 1. The number of hydrogen-bond acceptors (Lipinski definition) is 6. The summed E-state index contributed by atoms with van der Waals surface area (Å²) < 4.78 is 0.695. The van der Waals surface area contributed by atoms with E-state index in [9.17, 15) is 9.59 Å². The molecule has 1 aliphatic carbocycles. The summed E-state index contributed by atoms with van der Waals surface area (Å²) in [5.41, 5.74) is 0.770. The first-order valence-electron chi connectivity index (χ1n) is 8.26. The Morgan fingerprint density at radius 2 is 2.04 bits per heavy atom. The summed E-state index contributed by atoms with van der Waals surface area (Å²) in [4.78, 5) is 26.2. The molecule has 0 aliphatic heterocycles. The van der Waals surface area contributed by atoms with Crippen LogP contribution in [-0.2, 0) is 9.59 Å². The van der Waals surface area contributed by atoms with Gasteiger partial charge in [-0.25, -0.2) is 0 Å². The Balaban J connectivity index is 1.62. The van der Waals surface area contributed by atoms with E-state index in [0.29, 0.717) is 15.9 Å². The third-order valence-electron chi connectivity index (χ3n) is 3.77. The quantitative estimate of drug-likeness (QED) is 0.591. The van der Waals surface area contributed by atoms with Crippen LogP contribution in [0.3, 0.4) is 0 Å². The molecular weight excluding hydrogens is 356 g/mol. The van der Waals surface area contributed by atoms with Gasteiger partial charge >= 0.3 is 0 Å². The van der Waals surface area contributed by atoms with E-state index in [-0.39, 0.29) is 23.1 Å². The Hall–Kier alpha value is -1.93. The van der Waals surface area contributed by atoms with E-state index < -0.39 is 0 Å². The number of thioether (sulfide) groups is 1. The van der Waals surface area contributed by atoms with E-state index in [2.05, 4.69) is 15.5 Å². The Morgan fingerprint density at radius 3 is 2.68 bits per heavy atom. The van der Waals surface area contributed by atoms with Crippen molar-refractivity contribution in [2.75, 3.05) is 10.2 Å². The van der Waals surface area contributed by atoms with Gasteiger partial charge in [0.2, 0.25) is 16.9 Å². The standard InChI is InChI=1S/C17H20N4O2S2/c1-3-14(22)21(13-9-10-13)16-19-20-17(25-16)24-11(2)15(23)18-12-7-5-4-6-8-12/h4-8,11,13H,3,9-10H2,1-2H3,(H,18,23). The number of amides is 2. The Morgan fingerprint density at radius 1 is 1.32 bits per heavy atom. The smallest absolute Gasteiger partial charge is 0.237 e. The van der Waals surface area contributed by atoms with E-state index in [4.69, 9.17) is 0 Å². The van der Waals surface area contributed by atoms with Crippen molar-refractivity contribution in [1.82, 2.24) is 10.2 Å². The highest BCUT2D eigenvalue weighted by Gasteiger charge is 2.35. The molecule has 6 nitrogen and oxygen atoms in total. The normalized spacial score (nSPS) is 14.8. The maximum Gasteiger partial charge on any atom is 0.237 e. The molecular formula is C17H20N4O2S2. The van der Waals surface area contributed by atoms with E-state index in [1.807, 2.05) is 44.2 Å². The van der Waals surface area contributed by atoms with Crippen LogP contribution in [0.4, 0.5) is 10.8 Å². The van der Waals surface area contributed by atoms with Gasteiger partial charge in [0.1, 0.15) is 0 Å². The molecule has 1 heterocycles. The fourth-order valence-electron chi connectivity index (χ4n) is 2.29. The molecule has 0 spiro atoms. The first kappa shape index (κ1) is 17.9. The highest BCUT2D eigenvalue weighted by molar-refractivity contribution is 8.02. The Bertz CT molecular complexity index is 746. The predicted molar refractivity (Wildman–Crippen MR) is 101 cm³/mol. The number of nitrogens with zero attached hydrogens (tertiary/aromatic N) is 3. The van der Waals surface area contributed by atoms with Crippen molar-refractivity contribution >= 4 is 45.7 Å². The second-order valence-electron chi connectivity index (χ2n) is 5.81. The van der Waals surface area contributed by atoms with Crippen LogP contribution in [-0.4, -0.2) is 33.3 Å². The first-order valence-corrected chi connectivity index (χ1v) is 9.96. The van der Waals surface area contributed by atoms with Crippen molar-refractivity contribution < 1.29 is 9.59 Å². The number of aromatic nitrogens is 2. The van der Waals surface area contributed by atoms with Crippen molar-refractivity contribution in [1.29, 1.82) is 0 Å². The van der Waals surface area contributed by atoms with Gasteiger partial charge in [-0.2, -0.15) is 0 Å². The number of carbonyl (C=O) groups excluding carboxylic acids is 2. The largest absolute Gasteiger partial charge is 0.325 e. The lowest BCUT2D eigenvalue weighted by atomic mass is 10.3. The number of anilines is 2. The average Bonchev–Trinajstić information content (AvgIpc) is 3.35. The summed E-state index contributed by atoms with van der Waals surface area (Å²) in [6, 6.07) is 9.62. The van der Waals surface area contributed by atoms with Crippen LogP contribution in [0.15, 0.2) is 34.7 Å². The maximum atomic E-state index is 12.3. The molecule has 1 saturated carbocycles. The molecule has 1 aromatic heterocycles. The fraction of sp³-hybridized carbons (Fsp3) is 0.412. The van der Waals surface area contributed by atoms with Crippen molar-refractivity contribution in [2.45, 2.75) is 48.7 Å². The van der Waals surface area contributed by atoms with Crippen LogP contribution in [0.5, 0.6) is 0 Å². The van der Waals surface area contributed by atoms with Gasteiger partial charge in [-0.1, -0.05) is 48.2 Å². The van der Waals surface area contributed by atoms with Crippen LogP contribution >= 0.6 is 23.1 Å². The van der Waals surface area contributed by atoms with Gasteiger partial charge in [0.05, 0.1) is 5.25 Å². The van der Waals surface area contributed by atoms with Crippen molar-refractivity contribution in [3.05, 3.63) is 30.3 Å². The monoisotopic (exact) mass is 376 g/mol. The topological polar surface area (TPSA) is 75.2 Å². The van der Waals surface area contributed by atoms with Crippen LogP contribution in [0, 0.1) is 0 Å². The van der Waals surface area contributed by atoms with Crippen LogP contribution in [0.1, 0.15) is 33.1 Å². The van der Waals surface area contributed by atoms with Gasteiger partial charge in [0.25, 0.3) is 0 Å². The fourth-order valence-corrected chi connectivity index (χ4v) is 4.36. The summed E-state index contributed by atoms with van der Waals surface area (Å²) >= 11 is 2.73. The van der Waals surface area contributed by atoms with E-state index in [1.54, 1.807) is 4.90 Å². The zero-order chi connectivity index (χ0) is 17.8. The summed E-state index contributed by atoms with van der Waals surface area (Å²) in [7, 11) is 0. The molecule has 3 rings (SSSR count). The molecule has 8 heteroatoms. The van der Waals surface area contributed by atoms with Crippen LogP contribution < -0.4 is 10.2 Å². The van der Waals surface area contributed by atoms with Crippen molar-refractivity contribution in [3.8, 4) is 0 Å². The third kappa shape index (κ3) is 4.58. The van der Waals surface area contributed by atoms with Gasteiger partial charge in [-0.05, 0) is 31.9 Å². The molecule has 1 aromatic carbocycles. The predicted octanol–water partition coefficient (Wildman–Crippen LogP) is 3.56. The molecule has 25 heavy (non-hydrogen) atoms. The SMILES string of the molecule is CCC(=O)N(c1nnc(SC(C)C(=O)Nc2ccccc2)s1)C1CC1. The summed E-state index contributed by atoms with van der Waals surface area (Å²) in [6.07, 6.45) is 2.49. The number of hydrogen-bond donors (Lipinski definition) is 1. The minimum Gasteiger partial charge on any atom is -0.325 e. The zero-order valence-corrected chi connectivity index (χ0v) is 15.8. The van der Waals surface area contributed by atoms with Gasteiger partial charge in [0.15, 0.2) is 4.34 Å². The summed E-state index contributed by atoms with van der Waals surface area (Å²) in [5, 5.41) is 11.5. The second-order valence-corrected chi connectivity index (χ2v) is 8.36. The summed E-state index contributed by atoms with van der Waals surface area (Å²) in [6.45, 7) is 3.68. The molecule has 0 bridgehead atoms. The van der Waals surface area contributed by atoms with Gasteiger partial charge in [-0.3, -0.25) is 14.5 Å². The van der Waals surface area contributed by atoms with Crippen LogP contribution in [0.2, 0.25) is 0 Å². The van der Waals surface area contributed by atoms with E-state index >= 15 is 0 Å². The first-order chi connectivity index (χ1) is 12.1. The van der Waals surface area contributed by atoms with Gasteiger partial charge < -0.3 is 5.32 Å². The maximum absolute atomic E-state index is 12.3. The van der Waals surface area contributed by atoms with Gasteiger partial charge in [-0.15, -0.1) is 10.2 Å². The lowest BCUT2D eigenvalue weighted by Gasteiger charge is -2.17. The van der Waals surface area contributed by atoms with Crippen molar-refractivity contribution in [2.24, 2.45) is 0 Å². The molecule has 2 aromatic rings. The average molecular weight is 377 g/mol. The highest BCUT2D eigenvalue weighted by Crippen LogP contribution is 2.37. The number of carbonyl (C=O) groups is 2. The molecule has 2 amide bonds. The Labute approximate surface area is 155 Å². The number of para-hydroxylation sites is 1. The molecule has 1 fully saturated rings. The minimum absolute atomic E-state index is 0.0741. The molecule has 0 saturated heterocycles. The Kier molecular flexibility index (Phi) is 5.70. The van der Waals surface area contributed by atoms with E-state index in [0.717, 1.165) is 18.5 Å². The molecule has 0 radical (unpaired) electrons. The summed E-state index contributed by atoms with van der Waals surface area (Å²) in [5.74, 6) is -0.0123. The molecule has 1 unspecified atom stereocenters. The number of benzene rings is 1. The van der Waals surface area contributed by atoms with Crippen LogP contribution in [0.25, 0.3) is 0 Å². The number of rotatable bonds is 7. The second kappa shape index (κ2) is 7.97. The highest BCUT2D eigenvalue weighted by atomic mass is 32.2. The lowest BCUT2D eigenvalue weighted by molar-refractivity contribution is -0.118. The molecule has 132 valence electrons.